The molecule has 4 rings (SSSR count). The molecule has 2 aromatic carbocycles. The molecule has 1 aliphatic carbocycles. The minimum Gasteiger partial charge on any atom is -0.493 e. The van der Waals surface area contributed by atoms with Crippen LogP contribution in [0.15, 0.2) is 47.6 Å². The first-order valence-electron chi connectivity index (χ1n) is 12.8. The van der Waals surface area contributed by atoms with Gasteiger partial charge in [0.2, 0.25) is 0 Å². The number of nitro benzene ring substituents is 1. The van der Waals surface area contributed by atoms with E-state index in [1.165, 1.54) is 67.1 Å². The number of thiophene rings is 1. The lowest BCUT2D eigenvalue weighted by atomic mass is 9.95. The van der Waals surface area contributed by atoms with Crippen molar-refractivity contribution in [2.24, 2.45) is 5.10 Å². The molecule has 0 saturated carbocycles. The largest absolute Gasteiger partial charge is 0.493 e. The highest BCUT2D eigenvalue weighted by molar-refractivity contribution is 7.17. The molecule has 2 amide bonds. The predicted molar refractivity (Wildman–Crippen MR) is 152 cm³/mol. The van der Waals surface area contributed by atoms with Gasteiger partial charge in [-0.25, -0.2) is 15.0 Å². The summed E-state index contributed by atoms with van der Waals surface area (Å²) in [4.78, 5) is 61.2. The van der Waals surface area contributed by atoms with Gasteiger partial charge in [-0.05, 0) is 74.1 Å². The monoisotopic (exact) mass is 594 g/mol. The van der Waals surface area contributed by atoms with Gasteiger partial charge in [0.1, 0.15) is 5.00 Å². The highest BCUT2D eigenvalue weighted by Gasteiger charge is 2.28. The van der Waals surface area contributed by atoms with Crippen molar-refractivity contribution < 1.29 is 38.3 Å². The number of non-ortho nitro benzene ring substituents is 1. The smallest absolute Gasteiger partial charge is 0.343 e. The number of benzene rings is 2. The summed E-state index contributed by atoms with van der Waals surface area (Å²) in [5, 5.41) is 17.4. The molecular weight excluding hydrogens is 568 g/mol. The van der Waals surface area contributed by atoms with Gasteiger partial charge in [-0.2, -0.15) is 5.10 Å². The molecule has 0 spiro atoms. The Bertz CT molecular complexity index is 1560. The standard InChI is InChI=1S/C28H26N4O9S/c1-3-40-28(36)23-19-6-4-5-7-22(19)42-26(23)30-24(33)25(34)31-29-15-16-8-13-20(21(14-16)39-2)41-27(35)17-9-11-18(12-10-17)32(37)38/h8-15H,3-7H2,1-2H3,(H,30,33)(H,31,34). The third-order valence-corrected chi connectivity index (χ3v) is 7.38. The number of rotatable bonds is 9. The van der Waals surface area contributed by atoms with Crippen LogP contribution < -0.4 is 20.2 Å². The Kier molecular flexibility index (Phi) is 9.60. The molecule has 0 bridgehead atoms. The van der Waals surface area contributed by atoms with Crippen LogP contribution >= 0.6 is 11.3 Å². The van der Waals surface area contributed by atoms with E-state index in [-0.39, 0.29) is 34.4 Å². The number of nitrogens with zero attached hydrogens (tertiary/aromatic N) is 2. The molecule has 2 N–H and O–H groups in total. The van der Waals surface area contributed by atoms with Crippen LogP contribution in [-0.2, 0) is 27.2 Å². The van der Waals surface area contributed by atoms with E-state index in [9.17, 15) is 29.3 Å². The number of fused-ring (bicyclic) bond motifs is 1. The van der Waals surface area contributed by atoms with E-state index in [0.29, 0.717) is 17.5 Å². The Balaban J connectivity index is 1.38. The maximum atomic E-state index is 12.6. The number of hydrogen-bond acceptors (Lipinski definition) is 11. The summed E-state index contributed by atoms with van der Waals surface area (Å²) < 4.78 is 15.8. The van der Waals surface area contributed by atoms with Gasteiger partial charge >= 0.3 is 23.8 Å². The summed E-state index contributed by atoms with van der Waals surface area (Å²) in [5.74, 6) is -3.08. The molecule has 0 fully saturated rings. The van der Waals surface area contributed by atoms with Crippen molar-refractivity contribution in [1.29, 1.82) is 0 Å². The van der Waals surface area contributed by atoms with Crippen molar-refractivity contribution in [2.75, 3.05) is 19.0 Å². The molecule has 1 aromatic heterocycles. The van der Waals surface area contributed by atoms with Gasteiger partial charge in [0.05, 0.1) is 36.0 Å². The van der Waals surface area contributed by atoms with Gasteiger partial charge in [-0.3, -0.25) is 19.7 Å². The molecule has 13 nitrogen and oxygen atoms in total. The van der Waals surface area contributed by atoms with Crippen LogP contribution in [0.3, 0.4) is 0 Å². The number of methoxy groups -OCH3 is 1. The third-order valence-electron chi connectivity index (χ3n) is 6.17. The third kappa shape index (κ3) is 6.96. The van der Waals surface area contributed by atoms with Crippen LogP contribution in [-0.4, -0.2) is 48.6 Å². The fourth-order valence-corrected chi connectivity index (χ4v) is 5.45. The van der Waals surface area contributed by atoms with Gasteiger partial charge in [0, 0.05) is 17.0 Å². The van der Waals surface area contributed by atoms with E-state index >= 15 is 0 Å². The number of nitrogens with one attached hydrogen (secondary N) is 2. The van der Waals surface area contributed by atoms with Crippen LogP contribution in [0.5, 0.6) is 11.5 Å². The molecule has 1 heterocycles. The topological polar surface area (TPSA) is 176 Å². The van der Waals surface area contributed by atoms with E-state index in [4.69, 9.17) is 14.2 Å². The fourth-order valence-electron chi connectivity index (χ4n) is 4.18. The highest BCUT2D eigenvalue weighted by Crippen LogP contribution is 2.38. The second kappa shape index (κ2) is 13.5. The number of carbonyl (C=O) groups excluding carboxylic acids is 4. The van der Waals surface area contributed by atoms with Crippen molar-refractivity contribution in [2.45, 2.75) is 32.6 Å². The summed E-state index contributed by atoms with van der Waals surface area (Å²) in [7, 11) is 1.36. The van der Waals surface area contributed by atoms with Crippen molar-refractivity contribution in [3.8, 4) is 11.5 Å². The number of amides is 2. The molecule has 218 valence electrons. The quantitative estimate of drug-likeness (QED) is 0.0925. The maximum Gasteiger partial charge on any atom is 0.343 e. The lowest BCUT2D eigenvalue weighted by Crippen LogP contribution is -2.32. The summed E-state index contributed by atoms with van der Waals surface area (Å²) >= 11 is 1.26. The Labute approximate surface area is 243 Å². The average molecular weight is 595 g/mol. The van der Waals surface area contributed by atoms with Crippen LogP contribution in [0, 0.1) is 10.1 Å². The van der Waals surface area contributed by atoms with E-state index in [1.807, 2.05) is 0 Å². The van der Waals surface area contributed by atoms with Crippen LogP contribution in [0.4, 0.5) is 10.7 Å². The number of anilines is 1. The molecule has 0 unspecified atom stereocenters. The summed E-state index contributed by atoms with van der Waals surface area (Å²) in [5.41, 5.74) is 3.67. The zero-order chi connectivity index (χ0) is 30.2. The Morgan fingerprint density at radius 2 is 1.76 bits per heavy atom. The Morgan fingerprint density at radius 3 is 2.45 bits per heavy atom. The van der Waals surface area contributed by atoms with Gasteiger partial charge in [-0.15, -0.1) is 11.3 Å². The van der Waals surface area contributed by atoms with Crippen LogP contribution in [0.1, 0.15) is 56.5 Å². The van der Waals surface area contributed by atoms with E-state index < -0.39 is 28.7 Å². The molecule has 0 saturated heterocycles. The second-order valence-corrected chi connectivity index (χ2v) is 10.00. The van der Waals surface area contributed by atoms with E-state index in [2.05, 4.69) is 15.8 Å². The minimum atomic E-state index is -1.05. The SMILES string of the molecule is CCOC(=O)c1c(NC(=O)C(=O)NN=Cc2ccc(OC(=O)c3ccc([N+](=O)[O-])cc3)c(OC)c2)sc2c1CCCC2. The molecule has 0 radical (unpaired) electrons. The van der Waals surface area contributed by atoms with Gasteiger partial charge in [0.15, 0.2) is 11.5 Å². The molecule has 0 aliphatic heterocycles. The Morgan fingerprint density at radius 1 is 1.02 bits per heavy atom. The first-order valence-corrected chi connectivity index (χ1v) is 13.6. The Hall–Kier alpha value is -5.11. The summed E-state index contributed by atoms with van der Waals surface area (Å²) in [6.07, 6.45) is 4.64. The first kappa shape index (κ1) is 29.9. The number of aryl methyl sites for hydroxylation is 1. The van der Waals surface area contributed by atoms with Gasteiger partial charge in [0.25, 0.3) is 5.69 Å². The summed E-state index contributed by atoms with van der Waals surface area (Å²) in [6.45, 7) is 1.87. The average Bonchev–Trinajstić information content (AvgIpc) is 3.35. The number of hydrogen-bond donors (Lipinski definition) is 2. The minimum absolute atomic E-state index is 0.0810. The van der Waals surface area contributed by atoms with Crippen molar-refractivity contribution in [1.82, 2.24) is 5.43 Å². The number of carbonyl (C=O) groups is 4. The molecule has 0 atom stereocenters. The predicted octanol–water partition coefficient (Wildman–Crippen LogP) is 4.03. The van der Waals surface area contributed by atoms with Crippen molar-refractivity contribution in [3.05, 3.63) is 79.7 Å². The number of nitro groups is 1. The van der Waals surface area contributed by atoms with Gasteiger partial charge in [-0.1, -0.05) is 0 Å². The van der Waals surface area contributed by atoms with Crippen molar-refractivity contribution >= 4 is 52.0 Å². The highest BCUT2D eigenvalue weighted by atomic mass is 32.1. The first-order chi connectivity index (χ1) is 20.2. The van der Waals surface area contributed by atoms with Crippen LogP contribution in [0.2, 0.25) is 0 Å². The number of hydrazone groups is 1. The maximum absolute atomic E-state index is 12.6. The fraction of sp³-hybridized carbons (Fsp3) is 0.250. The lowest BCUT2D eigenvalue weighted by Gasteiger charge is -2.12. The number of esters is 2. The zero-order valence-corrected chi connectivity index (χ0v) is 23.4. The number of ether oxygens (including phenoxy) is 3. The van der Waals surface area contributed by atoms with Crippen LogP contribution in [0.25, 0.3) is 0 Å². The molecular formula is C28H26N4O9S. The van der Waals surface area contributed by atoms with Crippen molar-refractivity contribution in [3.63, 3.8) is 0 Å². The zero-order valence-electron chi connectivity index (χ0n) is 22.6. The second-order valence-electron chi connectivity index (χ2n) is 8.89. The molecule has 3 aromatic rings. The molecule has 1 aliphatic rings. The van der Waals surface area contributed by atoms with E-state index in [1.54, 1.807) is 6.92 Å². The summed E-state index contributed by atoms with van der Waals surface area (Å²) in [6, 6.07) is 9.38. The lowest BCUT2D eigenvalue weighted by molar-refractivity contribution is -0.384. The normalized spacial score (nSPS) is 12.2. The molecule has 14 heteroatoms. The van der Waals surface area contributed by atoms with Gasteiger partial charge < -0.3 is 19.5 Å². The molecule has 42 heavy (non-hydrogen) atoms. The van der Waals surface area contributed by atoms with E-state index in [0.717, 1.165) is 29.7 Å².